The Labute approximate surface area is 160 Å². The van der Waals surface area contributed by atoms with Gasteiger partial charge in [-0.15, -0.1) is 0 Å². The smallest absolute Gasteiger partial charge is 0.381 e. The number of hydrogen-bond donors (Lipinski definition) is 2. The van der Waals surface area contributed by atoms with Crippen LogP contribution in [-0.2, 0) is 10.1 Å². The molecule has 0 aromatic heterocycles. The third-order valence-corrected chi connectivity index (χ3v) is 5.60. The van der Waals surface area contributed by atoms with Crippen molar-refractivity contribution in [3.8, 4) is 5.75 Å². The molecular weight excluding hydrogens is 395 g/mol. The third kappa shape index (κ3) is 4.22. The van der Waals surface area contributed by atoms with Crippen molar-refractivity contribution in [3.05, 3.63) is 30.3 Å². The highest BCUT2D eigenvalue weighted by atomic mass is 32.2. The Balaban J connectivity index is 1.89. The largest absolute Gasteiger partial charge is 0.534 e. The van der Waals surface area contributed by atoms with E-state index in [4.69, 9.17) is 0 Å². The maximum absolute atomic E-state index is 12.5. The van der Waals surface area contributed by atoms with Crippen LogP contribution in [0.25, 0.3) is 10.8 Å². The highest BCUT2D eigenvalue weighted by Gasteiger charge is 2.48. The number of rotatable bonds is 6. The number of nitrogens with one attached hydrogen (secondary N) is 2. The molecule has 1 fully saturated rings. The van der Waals surface area contributed by atoms with E-state index in [1.807, 2.05) is 0 Å². The Morgan fingerprint density at radius 3 is 2.64 bits per heavy atom. The highest BCUT2D eigenvalue weighted by molar-refractivity contribution is 7.88. The van der Waals surface area contributed by atoms with Crippen LogP contribution in [0.4, 0.5) is 24.5 Å². The number of hydrogen-bond acceptors (Lipinski definition) is 6. The predicted octanol–water partition coefficient (Wildman–Crippen LogP) is 3.95. The number of benzene rings is 2. The minimum atomic E-state index is -5.72. The van der Waals surface area contributed by atoms with Gasteiger partial charge in [0.05, 0.1) is 11.4 Å². The molecule has 0 saturated carbocycles. The Kier molecular flexibility index (Phi) is 5.53. The molecule has 6 nitrogen and oxygen atoms in total. The van der Waals surface area contributed by atoms with Gasteiger partial charge in [0.15, 0.2) is 0 Å². The second-order valence-electron chi connectivity index (χ2n) is 6.71. The second-order valence-corrected chi connectivity index (χ2v) is 8.24. The Bertz CT molecular complexity index is 993. The molecule has 2 N–H and O–H groups in total. The van der Waals surface area contributed by atoms with Gasteiger partial charge in [0.25, 0.3) is 0 Å². The van der Waals surface area contributed by atoms with Crippen molar-refractivity contribution in [2.45, 2.75) is 37.4 Å². The molecule has 1 heterocycles. The van der Waals surface area contributed by atoms with E-state index < -0.39 is 21.4 Å². The number of anilines is 1. The van der Waals surface area contributed by atoms with Gasteiger partial charge < -0.3 is 14.8 Å². The van der Waals surface area contributed by atoms with Crippen molar-refractivity contribution in [2.24, 2.45) is 4.99 Å². The first-order valence-corrected chi connectivity index (χ1v) is 10.1. The van der Waals surface area contributed by atoms with Gasteiger partial charge in [0.2, 0.25) is 0 Å². The molecule has 152 valence electrons. The SMILES string of the molecule is C=Nc1ccc2cc(OS(=O)(=O)C(F)(F)F)ccc2c1NCC1CCC(C)N1. The van der Waals surface area contributed by atoms with Crippen LogP contribution in [0.5, 0.6) is 5.75 Å². The van der Waals surface area contributed by atoms with Gasteiger partial charge in [-0.25, -0.2) is 0 Å². The normalized spacial score (nSPS) is 20.3. The van der Waals surface area contributed by atoms with Gasteiger partial charge in [0.1, 0.15) is 5.75 Å². The Morgan fingerprint density at radius 2 is 2.04 bits per heavy atom. The fourth-order valence-corrected chi connectivity index (χ4v) is 3.70. The van der Waals surface area contributed by atoms with Crippen molar-refractivity contribution >= 4 is 39.0 Å². The molecule has 2 unspecified atom stereocenters. The van der Waals surface area contributed by atoms with Crippen molar-refractivity contribution < 1.29 is 25.8 Å². The maximum atomic E-state index is 12.5. The van der Waals surface area contributed by atoms with E-state index >= 15 is 0 Å². The molecule has 0 amide bonds. The van der Waals surface area contributed by atoms with Crippen molar-refractivity contribution in [3.63, 3.8) is 0 Å². The summed E-state index contributed by atoms with van der Waals surface area (Å²) in [5.74, 6) is -0.415. The first-order valence-electron chi connectivity index (χ1n) is 8.65. The van der Waals surface area contributed by atoms with Gasteiger partial charge in [0, 0.05) is 24.0 Å². The molecule has 1 saturated heterocycles. The minimum absolute atomic E-state index is 0.294. The van der Waals surface area contributed by atoms with Gasteiger partial charge in [-0.3, -0.25) is 4.99 Å². The molecule has 0 bridgehead atoms. The van der Waals surface area contributed by atoms with Crippen molar-refractivity contribution in [1.29, 1.82) is 0 Å². The van der Waals surface area contributed by atoms with E-state index in [0.29, 0.717) is 40.8 Å². The molecule has 2 aromatic rings. The van der Waals surface area contributed by atoms with Crippen LogP contribution >= 0.6 is 0 Å². The fourth-order valence-electron chi connectivity index (χ4n) is 3.25. The van der Waals surface area contributed by atoms with Crippen LogP contribution in [0.15, 0.2) is 35.3 Å². The van der Waals surface area contributed by atoms with Crippen LogP contribution in [0.1, 0.15) is 19.8 Å². The first kappa shape index (κ1) is 20.4. The zero-order chi connectivity index (χ0) is 20.5. The maximum Gasteiger partial charge on any atom is 0.534 e. The number of alkyl halides is 3. The number of fused-ring (bicyclic) bond motifs is 1. The lowest BCUT2D eigenvalue weighted by atomic mass is 10.1. The quantitative estimate of drug-likeness (QED) is 0.424. The summed E-state index contributed by atoms with van der Waals surface area (Å²) in [6.45, 7) is 6.31. The van der Waals surface area contributed by atoms with Crippen LogP contribution < -0.4 is 14.8 Å². The molecule has 2 atom stereocenters. The molecule has 0 radical (unpaired) electrons. The van der Waals surface area contributed by atoms with E-state index in [2.05, 4.69) is 33.5 Å². The molecule has 10 heteroatoms. The number of halogens is 3. The molecule has 3 rings (SSSR count). The van der Waals surface area contributed by atoms with E-state index in [1.54, 1.807) is 12.1 Å². The molecule has 0 aliphatic carbocycles. The summed E-state index contributed by atoms with van der Waals surface area (Å²) in [6.07, 6.45) is 2.12. The summed E-state index contributed by atoms with van der Waals surface area (Å²) in [5.41, 5.74) is -4.22. The first-order chi connectivity index (χ1) is 13.1. The van der Waals surface area contributed by atoms with Crippen LogP contribution in [0.3, 0.4) is 0 Å². The van der Waals surface area contributed by atoms with Gasteiger partial charge >= 0.3 is 15.6 Å². The Morgan fingerprint density at radius 1 is 1.29 bits per heavy atom. The van der Waals surface area contributed by atoms with Crippen molar-refractivity contribution in [2.75, 3.05) is 11.9 Å². The number of nitrogens with zero attached hydrogens (tertiary/aromatic N) is 1. The number of aliphatic imine (C=N–C) groups is 1. The Hall–Kier alpha value is -2.33. The summed E-state index contributed by atoms with van der Waals surface area (Å²) >= 11 is 0. The zero-order valence-electron chi connectivity index (χ0n) is 15.1. The van der Waals surface area contributed by atoms with Gasteiger partial charge in [-0.1, -0.05) is 6.07 Å². The molecule has 28 heavy (non-hydrogen) atoms. The van der Waals surface area contributed by atoms with E-state index in [9.17, 15) is 21.6 Å². The zero-order valence-corrected chi connectivity index (χ0v) is 15.9. The molecule has 2 aromatic carbocycles. The lowest BCUT2D eigenvalue weighted by Gasteiger charge is -2.17. The second kappa shape index (κ2) is 7.59. The minimum Gasteiger partial charge on any atom is -0.381 e. The molecule has 0 spiro atoms. The molecular formula is C18H20F3N3O3S. The lowest BCUT2D eigenvalue weighted by Crippen LogP contribution is -2.33. The van der Waals surface area contributed by atoms with E-state index in [1.165, 1.54) is 18.2 Å². The summed E-state index contributed by atoms with van der Waals surface area (Å²) in [6, 6.07) is 7.94. The highest BCUT2D eigenvalue weighted by Crippen LogP contribution is 2.36. The standard InChI is InChI=1S/C18H20F3N3O3S/c1-11-3-5-13(24-11)10-23-17-15-7-6-14(27-28(25,26)18(19,20)21)9-12(15)4-8-16(17)22-2/h4,6-9,11,13,23-24H,2-3,5,10H2,1H3. The lowest BCUT2D eigenvalue weighted by molar-refractivity contribution is -0.0500. The van der Waals surface area contributed by atoms with Crippen LogP contribution in [0.2, 0.25) is 0 Å². The summed E-state index contributed by atoms with van der Waals surface area (Å²) in [5, 5.41) is 7.97. The molecule has 1 aliphatic heterocycles. The predicted molar refractivity (Wildman–Crippen MR) is 103 cm³/mol. The summed E-state index contributed by atoms with van der Waals surface area (Å²) in [4.78, 5) is 3.99. The summed E-state index contributed by atoms with van der Waals surface area (Å²) in [7, 11) is -5.72. The topological polar surface area (TPSA) is 79.8 Å². The van der Waals surface area contributed by atoms with Crippen molar-refractivity contribution in [1.82, 2.24) is 5.32 Å². The average Bonchev–Trinajstić information content (AvgIpc) is 3.03. The fraction of sp³-hybridized carbons (Fsp3) is 0.389. The molecule has 1 aliphatic rings. The average molecular weight is 415 g/mol. The summed E-state index contributed by atoms with van der Waals surface area (Å²) < 4.78 is 64.2. The van der Waals surface area contributed by atoms with E-state index in [-0.39, 0.29) is 0 Å². The van der Waals surface area contributed by atoms with Crippen LogP contribution in [0, 0.1) is 0 Å². The van der Waals surface area contributed by atoms with Gasteiger partial charge in [-0.05, 0) is 56.1 Å². The van der Waals surface area contributed by atoms with Crippen LogP contribution in [-0.4, -0.2) is 39.3 Å². The van der Waals surface area contributed by atoms with E-state index in [0.717, 1.165) is 12.8 Å². The third-order valence-electron chi connectivity index (χ3n) is 4.62. The monoisotopic (exact) mass is 415 g/mol. The van der Waals surface area contributed by atoms with Gasteiger partial charge in [-0.2, -0.15) is 21.6 Å².